The van der Waals surface area contributed by atoms with Gasteiger partial charge in [-0.3, -0.25) is 4.79 Å². The van der Waals surface area contributed by atoms with Crippen LogP contribution >= 0.6 is 0 Å². The lowest BCUT2D eigenvalue weighted by Gasteiger charge is -2.40. The molecule has 1 aliphatic heterocycles. The number of nitrogens with one attached hydrogen (secondary N) is 1. The highest BCUT2D eigenvalue weighted by molar-refractivity contribution is 5.80. The van der Waals surface area contributed by atoms with E-state index in [1.165, 1.54) is 103 Å². The van der Waals surface area contributed by atoms with Gasteiger partial charge in [0.25, 0.3) is 0 Å². The second-order valence-electron chi connectivity index (χ2n) is 16.7. The van der Waals surface area contributed by atoms with Crippen molar-refractivity contribution >= 4 is 5.91 Å². The average Bonchev–Trinajstić information content (AvgIpc) is 3.25. The molecule has 348 valence electrons. The third-order valence-corrected chi connectivity index (χ3v) is 11.2. The van der Waals surface area contributed by atoms with Crippen LogP contribution in [0, 0.1) is 0 Å². The molecule has 1 amide bonds. The van der Waals surface area contributed by atoms with Crippen molar-refractivity contribution in [2.24, 2.45) is 0 Å². The van der Waals surface area contributed by atoms with E-state index in [2.05, 4.69) is 67.8 Å². The number of amides is 1. The Morgan fingerprint density at radius 1 is 0.583 bits per heavy atom. The van der Waals surface area contributed by atoms with Crippen molar-refractivity contribution in [1.29, 1.82) is 0 Å². The van der Waals surface area contributed by atoms with E-state index in [9.17, 15) is 35.4 Å². The van der Waals surface area contributed by atoms with Crippen LogP contribution in [-0.2, 0) is 14.3 Å². The number of hydrogen-bond donors (Lipinski definition) is 7. The Labute approximate surface area is 365 Å². The summed E-state index contributed by atoms with van der Waals surface area (Å²) in [7, 11) is 0. The fraction of sp³-hybridized carbons (Fsp3) is 0.780. The van der Waals surface area contributed by atoms with Crippen LogP contribution in [-0.4, -0.2) is 98.7 Å². The Hall–Kier alpha value is -2.15. The number of aliphatic hydroxyl groups is 6. The number of aliphatic hydroxyl groups excluding tert-OH is 6. The first-order valence-electron chi connectivity index (χ1n) is 24.1. The van der Waals surface area contributed by atoms with Crippen molar-refractivity contribution in [1.82, 2.24) is 5.32 Å². The van der Waals surface area contributed by atoms with Gasteiger partial charge in [-0.15, -0.1) is 0 Å². The molecule has 10 heteroatoms. The minimum absolute atomic E-state index is 0.292. The molecule has 1 aliphatic rings. The highest BCUT2D eigenvalue weighted by atomic mass is 16.7. The molecule has 10 nitrogen and oxygen atoms in total. The molecule has 0 spiro atoms. The molecule has 1 heterocycles. The Morgan fingerprint density at radius 3 is 1.58 bits per heavy atom. The third-order valence-electron chi connectivity index (χ3n) is 11.2. The van der Waals surface area contributed by atoms with Crippen molar-refractivity contribution in [3.63, 3.8) is 0 Å². The molecule has 1 fully saturated rings. The molecular weight excluding hydrogens is 759 g/mol. The molecule has 0 aromatic carbocycles. The van der Waals surface area contributed by atoms with Crippen molar-refractivity contribution in [3.05, 3.63) is 60.8 Å². The first-order chi connectivity index (χ1) is 29.3. The van der Waals surface area contributed by atoms with Crippen LogP contribution in [0.1, 0.15) is 187 Å². The second-order valence-corrected chi connectivity index (χ2v) is 16.7. The Kier molecular flexibility index (Phi) is 36.9. The molecule has 1 rings (SSSR count). The normalized spacial score (nSPS) is 21.6. The van der Waals surface area contributed by atoms with E-state index in [1.54, 1.807) is 6.08 Å². The number of unbranched alkanes of at least 4 members (excludes halogenated alkanes) is 21. The lowest BCUT2D eigenvalue weighted by atomic mass is 9.99. The predicted molar refractivity (Wildman–Crippen MR) is 245 cm³/mol. The minimum atomic E-state index is -1.62. The molecule has 60 heavy (non-hydrogen) atoms. The summed E-state index contributed by atoms with van der Waals surface area (Å²) >= 11 is 0. The van der Waals surface area contributed by atoms with Gasteiger partial charge in [0.1, 0.15) is 30.5 Å². The van der Waals surface area contributed by atoms with Crippen LogP contribution in [0.5, 0.6) is 0 Å². The molecule has 0 aromatic heterocycles. The minimum Gasteiger partial charge on any atom is -0.394 e. The van der Waals surface area contributed by atoms with Crippen molar-refractivity contribution in [3.8, 4) is 0 Å². The predicted octanol–water partition coefficient (Wildman–Crippen LogP) is 9.36. The van der Waals surface area contributed by atoms with Crippen LogP contribution < -0.4 is 5.32 Å². The fourth-order valence-electron chi connectivity index (χ4n) is 7.18. The van der Waals surface area contributed by atoms with E-state index in [1.807, 2.05) is 6.08 Å². The fourth-order valence-corrected chi connectivity index (χ4v) is 7.18. The summed E-state index contributed by atoms with van der Waals surface area (Å²) in [5, 5.41) is 64.7. The van der Waals surface area contributed by atoms with Crippen LogP contribution in [0.25, 0.3) is 0 Å². The Morgan fingerprint density at radius 2 is 1.03 bits per heavy atom. The highest BCUT2D eigenvalue weighted by Crippen LogP contribution is 2.22. The summed E-state index contributed by atoms with van der Waals surface area (Å²) in [5.41, 5.74) is 0. The van der Waals surface area contributed by atoms with E-state index in [0.29, 0.717) is 19.3 Å². The molecule has 0 aromatic rings. The molecule has 8 unspecified atom stereocenters. The molecule has 0 aliphatic carbocycles. The van der Waals surface area contributed by atoms with Gasteiger partial charge in [-0.25, -0.2) is 0 Å². The van der Waals surface area contributed by atoms with Gasteiger partial charge in [0.05, 0.1) is 25.4 Å². The monoisotopic (exact) mass is 848 g/mol. The number of carbonyl (C=O) groups is 1. The van der Waals surface area contributed by atoms with Crippen LogP contribution in [0.3, 0.4) is 0 Å². The SMILES string of the molecule is CCCCC/C=C\C=C/CCCCCCCCCCCC(O)C(=O)NC(COC1OC(CO)C(O)C(O)C1O)C(O)/C=C/CC/C=C/CC/C=C/CCCCCCCCC. The summed E-state index contributed by atoms with van der Waals surface area (Å²) in [6.07, 6.45) is 41.6. The standard InChI is InChI=1S/C50H89NO9/c1-3-5-7-9-11-13-15-17-19-21-23-25-27-29-31-33-35-37-39-44(54)49(58)51-42(41-59-50-48(57)47(56)46(55)45(40-52)60-50)43(53)38-36-34-32-30-28-26-24-22-20-18-16-14-12-10-8-6-4-2/h11,13,15,17,20,22,28,30,36,38,42-48,50,52-57H,3-10,12,14,16,18-19,21,23-27,29,31-35,37,39-41H2,1-2H3,(H,51,58)/b13-11-,17-15-,22-20+,30-28+,38-36+. The highest BCUT2D eigenvalue weighted by Gasteiger charge is 2.44. The maximum absolute atomic E-state index is 13.1. The van der Waals surface area contributed by atoms with Gasteiger partial charge in [-0.2, -0.15) is 0 Å². The van der Waals surface area contributed by atoms with E-state index in [0.717, 1.165) is 51.4 Å². The summed E-state index contributed by atoms with van der Waals surface area (Å²) in [4.78, 5) is 13.1. The lowest BCUT2D eigenvalue weighted by molar-refractivity contribution is -0.302. The zero-order valence-electron chi connectivity index (χ0n) is 37.8. The molecule has 1 saturated heterocycles. The van der Waals surface area contributed by atoms with Crippen LogP contribution in [0.15, 0.2) is 60.8 Å². The third kappa shape index (κ3) is 29.2. The summed E-state index contributed by atoms with van der Waals surface area (Å²) in [6.45, 7) is 3.54. The quantitative estimate of drug-likeness (QED) is 0.0181. The van der Waals surface area contributed by atoms with Crippen molar-refractivity contribution < 1.29 is 44.9 Å². The number of ether oxygens (including phenoxy) is 2. The first-order valence-corrected chi connectivity index (χ1v) is 24.1. The van der Waals surface area contributed by atoms with Crippen molar-refractivity contribution in [2.45, 2.75) is 236 Å². The summed E-state index contributed by atoms with van der Waals surface area (Å²) < 4.78 is 11.1. The Balaban J connectivity index is 2.44. The number of carbonyl (C=O) groups excluding carboxylic acids is 1. The average molecular weight is 848 g/mol. The first kappa shape index (κ1) is 55.9. The molecule has 0 bridgehead atoms. The van der Waals surface area contributed by atoms with Gasteiger partial charge in [0, 0.05) is 0 Å². The van der Waals surface area contributed by atoms with E-state index < -0.39 is 61.5 Å². The van der Waals surface area contributed by atoms with Gasteiger partial charge in [0.2, 0.25) is 5.91 Å². The van der Waals surface area contributed by atoms with E-state index in [4.69, 9.17) is 9.47 Å². The Bertz CT molecular complexity index is 1140. The van der Waals surface area contributed by atoms with E-state index in [-0.39, 0.29) is 6.61 Å². The van der Waals surface area contributed by atoms with Gasteiger partial charge < -0.3 is 45.4 Å². The van der Waals surface area contributed by atoms with Crippen molar-refractivity contribution in [2.75, 3.05) is 13.2 Å². The number of rotatable bonds is 39. The van der Waals surface area contributed by atoms with Crippen LogP contribution in [0.2, 0.25) is 0 Å². The van der Waals surface area contributed by atoms with Gasteiger partial charge in [0.15, 0.2) is 6.29 Å². The molecule has 8 atom stereocenters. The van der Waals surface area contributed by atoms with Gasteiger partial charge in [-0.05, 0) is 70.6 Å². The molecule has 0 radical (unpaired) electrons. The number of allylic oxidation sites excluding steroid dienone is 9. The van der Waals surface area contributed by atoms with Gasteiger partial charge in [-0.1, -0.05) is 177 Å². The largest absolute Gasteiger partial charge is 0.394 e. The smallest absolute Gasteiger partial charge is 0.249 e. The van der Waals surface area contributed by atoms with Crippen LogP contribution in [0.4, 0.5) is 0 Å². The summed E-state index contributed by atoms with van der Waals surface area (Å²) in [5.74, 6) is -0.637. The van der Waals surface area contributed by atoms with Gasteiger partial charge >= 0.3 is 0 Å². The topological polar surface area (TPSA) is 169 Å². The maximum atomic E-state index is 13.1. The molecule has 7 N–H and O–H groups in total. The molecule has 0 saturated carbocycles. The molecular formula is C50H89NO9. The zero-order chi connectivity index (χ0) is 43.9. The lowest BCUT2D eigenvalue weighted by Crippen LogP contribution is -2.60. The zero-order valence-corrected chi connectivity index (χ0v) is 37.8. The summed E-state index contributed by atoms with van der Waals surface area (Å²) in [6, 6.07) is -1.01. The second kappa shape index (κ2) is 39.7. The maximum Gasteiger partial charge on any atom is 0.249 e. The number of hydrogen-bond acceptors (Lipinski definition) is 9. The van der Waals surface area contributed by atoms with E-state index >= 15 is 0 Å².